The van der Waals surface area contributed by atoms with Gasteiger partial charge in [0.1, 0.15) is 23.0 Å². The highest BCUT2D eigenvalue weighted by molar-refractivity contribution is 6.00. The molecule has 0 saturated carbocycles. The van der Waals surface area contributed by atoms with Crippen molar-refractivity contribution < 1.29 is 29.3 Å². The second-order valence-electron chi connectivity index (χ2n) is 7.15. The Morgan fingerprint density at radius 1 is 0.933 bits per heavy atom. The van der Waals surface area contributed by atoms with Gasteiger partial charge in [0.25, 0.3) is 5.91 Å². The zero-order chi connectivity index (χ0) is 21.0. The summed E-state index contributed by atoms with van der Waals surface area (Å²) in [5.74, 6) is -0.262. The van der Waals surface area contributed by atoms with Gasteiger partial charge in [0.15, 0.2) is 5.60 Å². The predicted octanol–water partition coefficient (Wildman–Crippen LogP) is 3.42. The minimum absolute atomic E-state index is 0.0203. The molecule has 7 heteroatoms. The fourth-order valence-corrected chi connectivity index (χ4v) is 4.10. The smallest absolute Gasteiger partial charge is 0.340 e. The summed E-state index contributed by atoms with van der Waals surface area (Å²) in [5, 5.41) is 22.7. The van der Waals surface area contributed by atoms with E-state index in [-0.39, 0.29) is 28.9 Å². The minimum atomic E-state index is -1.38. The fraction of sp³-hybridized carbons (Fsp3) is 0.130. The number of esters is 1. The lowest BCUT2D eigenvalue weighted by Gasteiger charge is -2.36. The standard InChI is InChI=1S/C23H17NO6/c1-2-24-21(27)12-3-6-15-18(9-12)23(30-22(15)28)16-7-4-13(25)10-19(16)29-20-11-14(26)5-8-17(20)23/h3-11,25-26H,2H2,1H3,(H,24,27). The monoisotopic (exact) mass is 403 g/mol. The van der Waals surface area contributed by atoms with E-state index in [1.54, 1.807) is 30.3 Å². The number of fused-ring (bicyclic) bond motifs is 6. The number of carbonyl (C=O) groups is 2. The lowest BCUT2D eigenvalue weighted by molar-refractivity contribution is 0.0224. The first-order valence-corrected chi connectivity index (χ1v) is 9.45. The highest BCUT2D eigenvalue weighted by Crippen LogP contribution is 2.57. The zero-order valence-corrected chi connectivity index (χ0v) is 15.9. The van der Waals surface area contributed by atoms with Crippen LogP contribution in [0.3, 0.4) is 0 Å². The first-order chi connectivity index (χ1) is 14.4. The Morgan fingerprint density at radius 3 is 2.17 bits per heavy atom. The van der Waals surface area contributed by atoms with Crippen LogP contribution in [0.1, 0.15) is 44.3 Å². The molecule has 2 aliphatic heterocycles. The summed E-state index contributed by atoms with van der Waals surface area (Å²) in [7, 11) is 0. The third-order valence-corrected chi connectivity index (χ3v) is 5.37. The van der Waals surface area contributed by atoms with Gasteiger partial charge in [-0.2, -0.15) is 0 Å². The van der Waals surface area contributed by atoms with Crippen LogP contribution in [0.5, 0.6) is 23.0 Å². The van der Waals surface area contributed by atoms with Gasteiger partial charge in [-0.05, 0) is 49.4 Å². The van der Waals surface area contributed by atoms with E-state index in [0.717, 1.165) is 0 Å². The van der Waals surface area contributed by atoms with Gasteiger partial charge < -0.3 is 25.0 Å². The average Bonchev–Trinajstić information content (AvgIpc) is 3.00. The first kappa shape index (κ1) is 18.1. The summed E-state index contributed by atoms with van der Waals surface area (Å²) in [6, 6.07) is 13.9. The summed E-state index contributed by atoms with van der Waals surface area (Å²) in [4.78, 5) is 25.3. The van der Waals surface area contributed by atoms with Crippen molar-refractivity contribution in [3.8, 4) is 23.0 Å². The topological polar surface area (TPSA) is 105 Å². The van der Waals surface area contributed by atoms with Crippen LogP contribution in [0, 0.1) is 0 Å². The first-order valence-electron chi connectivity index (χ1n) is 9.45. The van der Waals surface area contributed by atoms with Crippen LogP contribution in [-0.4, -0.2) is 28.6 Å². The van der Waals surface area contributed by atoms with E-state index in [4.69, 9.17) is 9.47 Å². The van der Waals surface area contributed by atoms with Crippen molar-refractivity contribution in [2.45, 2.75) is 12.5 Å². The maximum atomic E-state index is 12.8. The second kappa shape index (κ2) is 6.25. The summed E-state index contributed by atoms with van der Waals surface area (Å²) in [6.45, 7) is 2.29. The number of hydrogen-bond donors (Lipinski definition) is 3. The quantitative estimate of drug-likeness (QED) is 0.567. The molecule has 0 aliphatic carbocycles. The molecule has 3 aromatic carbocycles. The Balaban J connectivity index is 1.83. The average molecular weight is 403 g/mol. The van der Waals surface area contributed by atoms with Crippen LogP contribution in [-0.2, 0) is 10.3 Å². The number of amides is 1. The summed E-state index contributed by atoms with van der Waals surface area (Å²) in [6.07, 6.45) is 0. The summed E-state index contributed by atoms with van der Waals surface area (Å²) in [5.41, 5.74) is 0.873. The van der Waals surface area contributed by atoms with Gasteiger partial charge in [0.05, 0.1) is 5.56 Å². The molecule has 0 radical (unpaired) electrons. The maximum absolute atomic E-state index is 12.8. The number of benzene rings is 3. The van der Waals surface area contributed by atoms with Crippen LogP contribution in [0.4, 0.5) is 0 Å². The lowest BCUT2D eigenvalue weighted by atomic mass is 9.77. The summed E-state index contributed by atoms with van der Waals surface area (Å²) < 4.78 is 11.9. The third-order valence-electron chi connectivity index (χ3n) is 5.37. The molecule has 1 spiro atoms. The number of hydrogen-bond acceptors (Lipinski definition) is 6. The van der Waals surface area contributed by atoms with Crippen LogP contribution >= 0.6 is 0 Å². The Labute approximate surface area is 171 Å². The maximum Gasteiger partial charge on any atom is 0.340 e. The van der Waals surface area contributed by atoms with Crippen LogP contribution in [0.15, 0.2) is 54.6 Å². The van der Waals surface area contributed by atoms with E-state index in [2.05, 4.69) is 5.32 Å². The Bertz CT molecular complexity index is 1180. The molecular formula is C23H17NO6. The van der Waals surface area contributed by atoms with E-state index in [1.807, 2.05) is 6.92 Å². The number of aromatic hydroxyl groups is 2. The van der Waals surface area contributed by atoms with Crippen molar-refractivity contribution in [2.75, 3.05) is 6.54 Å². The van der Waals surface area contributed by atoms with Gasteiger partial charge in [-0.15, -0.1) is 0 Å². The van der Waals surface area contributed by atoms with Gasteiger partial charge in [0.2, 0.25) is 0 Å². The van der Waals surface area contributed by atoms with Gasteiger partial charge in [-0.25, -0.2) is 4.79 Å². The van der Waals surface area contributed by atoms with Gasteiger partial charge in [-0.1, -0.05) is 0 Å². The molecule has 0 bridgehead atoms. The number of nitrogens with one attached hydrogen (secondary N) is 1. The molecule has 5 rings (SSSR count). The molecule has 0 atom stereocenters. The van der Waals surface area contributed by atoms with E-state index in [0.29, 0.717) is 34.4 Å². The Kier molecular flexibility index (Phi) is 3.76. The highest BCUT2D eigenvalue weighted by atomic mass is 16.6. The lowest BCUT2D eigenvalue weighted by Crippen LogP contribution is -2.33. The van der Waals surface area contributed by atoms with Gasteiger partial charge in [-0.3, -0.25) is 4.79 Å². The molecule has 3 N–H and O–H groups in total. The molecule has 1 amide bonds. The molecule has 2 aliphatic rings. The molecule has 0 aromatic heterocycles. The zero-order valence-electron chi connectivity index (χ0n) is 15.9. The van der Waals surface area contributed by atoms with E-state index in [1.165, 1.54) is 24.3 Å². The molecule has 150 valence electrons. The van der Waals surface area contributed by atoms with Crippen molar-refractivity contribution in [1.29, 1.82) is 0 Å². The van der Waals surface area contributed by atoms with Crippen LogP contribution in [0.25, 0.3) is 0 Å². The van der Waals surface area contributed by atoms with E-state index < -0.39 is 11.6 Å². The molecule has 30 heavy (non-hydrogen) atoms. The SMILES string of the molecule is CCNC(=O)c1ccc2c(c1)C1(OC2=O)c2ccc(O)cc2Oc2cc(O)ccc21. The van der Waals surface area contributed by atoms with Gasteiger partial charge in [0, 0.05) is 40.9 Å². The van der Waals surface area contributed by atoms with Crippen molar-refractivity contribution in [1.82, 2.24) is 5.32 Å². The Hall–Kier alpha value is -4.00. The largest absolute Gasteiger partial charge is 0.508 e. The molecule has 0 saturated heterocycles. The molecule has 7 nitrogen and oxygen atoms in total. The van der Waals surface area contributed by atoms with Crippen molar-refractivity contribution in [2.24, 2.45) is 0 Å². The van der Waals surface area contributed by atoms with Gasteiger partial charge >= 0.3 is 5.97 Å². The molecular weight excluding hydrogens is 386 g/mol. The molecule has 2 heterocycles. The van der Waals surface area contributed by atoms with Crippen molar-refractivity contribution in [3.63, 3.8) is 0 Å². The fourth-order valence-electron chi connectivity index (χ4n) is 4.10. The van der Waals surface area contributed by atoms with Crippen molar-refractivity contribution in [3.05, 3.63) is 82.4 Å². The van der Waals surface area contributed by atoms with Crippen molar-refractivity contribution >= 4 is 11.9 Å². The number of carbonyl (C=O) groups excluding carboxylic acids is 2. The highest BCUT2D eigenvalue weighted by Gasteiger charge is 2.53. The number of rotatable bonds is 2. The van der Waals surface area contributed by atoms with Crippen LogP contribution in [0.2, 0.25) is 0 Å². The van der Waals surface area contributed by atoms with Crippen LogP contribution < -0.4 is 10.1 Å². The number of phenolic OH excluding ortho intramolecular Hbond substituents is 2. The molecule has 0 fully saturated rings. The predicted molar refractivity (Wildman–Crippen MR) is 106 cm³/mol. The second-order valence-corrected chi connectivity index (χ2v) is 7.15. The Morgan fingerprint density at radius 2 is 1.57 bits per heavy atom. The minimum Gasteiger partial charge on any atom is -0.508 e. The molecule has 3 aromatic rings. The number of ether oxygens (including phenoxy) is 2. The van der Waals surface area contributed by atoms with E-state index in [9.17, 15) is 19.8 Å². The molecule has 0 unspecified atom stereocenters. The third kappa shape index (κ3) is 2.38. The normalized spacial score (nSPS) is 14.9. The van der Waals surface area contributed by atoms with E-state index >= 15 is 0 Å². The summed E-state index contributed by atoms with van der Waals surface area (Å²) >= 11 is 0. The number of phenols is 2.